The molecule has 2 aromatic rings. The van der Waals surface area contributed by atoms with Crippen LogP contribution in [-0.2, 0) is 9.47 Å². The quantitative estimate of drug-likeness (QED) is 0.335. The van der Waals surface area contributed by atoms with Gasteiger partial charge in [-0.25, -0.2) is 9.78 Å². The van der Waals surface area contributed by atoms with Crippen molar-refractivity contribution in [1.82, 2.24) is 9.55 Å². The Morgan fingerprint density at radius 1 is 1.33 bits per heavy atom. The van der Waals surface area contributed by atoms with Gasteiger partial charge in [0.1, 0.15) is 17.4 Å². The minimum Gasteiger partial charge on any atom is -0.490 e. The number of ether oxygens (including phenoxy) is 4. The minimum absolute atomic E-state index is 0.00491. The predicted molar refractivity (Wildman–Crippen MR) is 123 cm³/mol. The van der Waals surface area contributed by atoms with E-state index in [4.69, 9.17) is 30.5 Å². The van der Waals surface area contributed by atoms with E-state index in [9.17, 15) is 9.59 Å². The topological polar surface area (TPSA) is 88.9 Å². The molecule has 1 aliphatic carbocycles. The van der Waals surface area contributed by atoms with E-state index in [-0.39, 0.29) is 34.9 Å². The predicted octanol–water partition coefficient (Wildman–Crippen LogP) is 4.28. The number of carbonyl (C=O) groups is 1. The second kappa shape index (κ2) is 9.35. The van der Waals surface area contributed by atoms with Crippen LogP contribution in [0.2, 0.25) is 5.15 Å². The third kappa shape index (κ3) is 4.46. The Morgan fingerprint density at radius 3 is 2.85 bits per heavy atom. The summed E-state index contributed by atoms with van der Waals surface area (Å²) in [6.07, 6.45) is 3.88. The molecular weight excluding hydrogens is 448 g/mol. The van der Waals surface area contributed by atoms with Gasteiger partial charge < -0.3 is 23.5 Å². The van der Waals surface area contributed by atoms with Crippen molar-refractivity contribution in [2.75, 3.05) is 26.9 Å². The summed E-state index contributed by atoms with van der Waals surface area (Å²) in [5.74, 6) is 0.281. The lowest BCUT2D eigenvalue weighted by Gasteiger charge is -2.32. The number of hydrogen-bond donors (Lipinski definition) is 0. The van der Waals surface area contributed by atoms with Crippen molar-refractivity contribution in [3.05, 3.63) is 39.3 Å². The Kier molecular flexibility index (Phi) is 6.68. The summed E-state index contributed by atoms with van der Waals surface area (Å²) in [6, 6.07) is 3.05. The van der Waals surface area contributed by atoms with Crippen LogP contribution >= 0.6 is 11.6 Å². The molecule has 2 aliphatic rings. The highest BCUT2D eigenvalue weighted by Gasteiger charge is 2.47. The van der Waals surface area contributed by atoms with Gasteiger partial charge in [0, 0.05) is 38.5 Å². The molecule has 0 N–H and O–H groups in total. The maximum atomic E-state index is 12.9. The van der Waals surface area contributed by atoms with Crippen molar-refractivity contribution in [1.29, 1.82) is 0 Å². The monoisotopic (exact) mass is 476 g/mol. The molecule has 0 saturated heterocycles. The summed E-state index contributed by atoms with van der Waals surface area (Å²) in [5.41, 5.74) is 0.430. The van der Waals surface area contributed by atoms with Gasteiger partial charge in [0.2, 0.25) is 0 Å². The van der Waals surface area contributed by atoms with Crippen LogP contribution < -0.4 is 14.9 Å². The average molecular weight is 477 g/mol. The lowest BCUT2D eigenvalue weighted by Crippen LogP contribution is -2.33. The number of methoxy groups -OCH3 is 1. The molecule has 0 spiro atoms. The third-order valence-corrected chi connectivity index (χ3v) is 6.55. The van der Waals surface area contributed by atoms with Crippen molar-refractivity contribution >= 4 is 17.6 Å². The summed E-state index contributed by atoms with van der Waals surface area (Å²) in [7, 11) is 1.64. The van der Waals surface area contributed by atoms with Crippen molar-refractivity contribution in [3.63, 3.8) is 0 Å². The molecule has 0 bridgehead atoms. The molecule has 3 heterocycles. The summed E-state index contributed by atoms with van der Waals surface area (Å²) in [5, 5.41) is 0.176. The van der Waals surface area contributed by atoms with Gasteiger partial charge in [-0.15, -0.1) is 0 Å². The lowest BCUT2D eigenvalue weighted by molar-refractivity contribution is 0.0522. The van der Waals surface area contributed by atoms with Gasteiger partial charge in [-0.1, -0.05) is 25.4 Å². The van der Waals surface area contributed by atoms with Crippen LogP contribution in [0.3, 0.4) is 0 Å². The van der Waals surface area contributed by atoms with Crippen LogP contribution in [-0.4, -0.2) is 48.6 Å². The molecule has 0 aromatic carbocycles. The zero-order chi connectivity index (χ0) is 23.8. The first-order chi connectivity index (χ1) is 15.8. The number of rotatable bonds is 7. The fraction of sp³-hybridized carbons (Fsp3) is 0.542. The van der Waals surface area contributed by atoms with Crippen molar-refractivity contribution in [2.45, 2.75) is 52.2 Å². The van der Waals surface area contributed by atoms with Crippen molar-refractivity contribution < 1.29 is 23.7 Å². The fourth-order valence-corrected chi connectivity index (χ4v) is 4.91. The third-order valence-electron chi connectivity index (χ3n) is 6.28. The molecule has 1 fully saturated rings. The Morgan fingerprint density at radius 2 is 2.12 bits per heavy atom. The van der Waals surface area contributed by atoms with Crippen LogP contribution in [0.5, 0.6) is 11.5 Å². The molecule has 8 nitrogen and oxygen atoms in total. The fourth-order valence-electron chi connectivity index (χ4n) is 4.71. The molecule has 9 heteroatoms. The number of fused-ring (bicyclic) bond motifs is 5. The highest BCUT2D eigenvalue weighted by atomic mass is 35.5. The van der Waals surface area contributed by atoms with Crippen LogP contribution in [0.25, 0.3) is 11.4 Å². The Labute approximate surface area is 197 Å². The SMILES string of the molecule is CCOC(=O)c1cn2c(cc1=O)-c1nc(Cl)c(OCCCOC)cc1OC1CCC(C)(C)C12. The van der Waals surface area contributed by atoms with E-state index in [1.807, 2.05) is 4.57 Å². The molecule has 2 atom stereocenters. The van der Waals surface area contributed by atoms with E-state index in [0.29, 0.717) is 42.5 Å². The number of carbonyl (C=O) groups excluding carboxylic acids is 1. The maximum absolute atomic E-state index is 12.9. The highest BCUT2D eigenvalue weighted by molar-refractivity contribution is 6.31. The van der Waals surface area contributed by atoms with Gasteiger partial charge in [0.25, 0.3) is 0 Å². The summed E-state index contributed by atoms with van der Waals surface area (Å²) in [6.45, 7) is 7.21. The molecule has 1 saturated carbocycles. The number of halogens is 1. The zero-order valence-electron chi connectivity index (χ0n) is 19.4. The largest absolute Gasteiger partial charge is 0.490 e. The smallest absolute Gasteiger partial charge is 0.343 e. The van der Waals surface area contributed by atoms with E-state index in [2.05, 4.69) is 18.8 Å². The van der Waals surface area contributed by atoms with Crippen LogP contribution in [0, 0.1) is 5.41 Å². The van der Waals surface area contributed by atoms with E-state index >= 15 is 0 Å². The Bertz CT molecular complexity index is 1110. The van der Waals surface area contributed by atoms with E-state index < -0.39 is 11.4 Å². The number of pyridine rings is 2. The summed E-state index contributed by atoms with van der Waals surface area (Å²) < 4.78 is 24.4. The Hall–Kier alpha value is -2.58. The molecule has 1 aliphatic heterocycles. The van der Waals surface area contributed by atoms with Crippen molar-refractivity contribution in [2.24, 2.45) is 5.41 Å². The molecular formula is C24H29ClN2O6. The van der Waals surface area contributed by atoms with Crippen LogP contribution in [0.4, 0.5) is 0 Å². The molecule has 33 heavy (non-hydrogen) atoms. The van der Waals surface area contributed by atoms with Gasteiger partial charge >= 0.3 is 5.97 Å². The van der Waals surface area contributed by atoms with Crippen molar-refractivity contribution in [3.8, 4) is 22.9 Å². The number of nitrogens with zero attached hydrogens (tertiary/aromatic N) is 2. The average Bonchev–Trinajstić information content (AvgIpc) is 2.99. The number of aromatic nitrogens is 2. The first-order valence-electron chi connectivity index (χ1n) is 11.2. The molecule has 178 valence electrons. The Balaban J connectivity index is 1.84. The first-order valence-corrected chi connectivity index (χ1v) is 11.6. The minimum atomic E-state index is -0.638. The van der Waals surface area contributed by atoms with Gasteiger partial charge in [0.15, 0.2) is 22.1 Å². The maximum Gasteiger partial charge on any atom is 0.343 e. The molecule has 0 amide bonds. The summed E-state index contributed by atoms with van der Waals surface area (Å²) in [4.78, 5) is 29.9. The molecule has 0 radical (unpaired) electrons. The standard InChI is InChI=1S/C24H29ClN2O6/c1-5-31-23(29)14-13-27-15(11-16(14)28)20-18(33-17-7-8-24(2,3)21(17)27)12-19(22(25)26-20)32-10-6-9-30-4/h11-13,17,21H,5-10H2,1-4H3. The van der Waals surface area contributed by atoms with Gasteiger partial charge in [0.05, 0.1) is 24.9 Å². The first kappa shape index (κ1) is 23.6. The second-order valence-corrected chi connectivity index (χ2v) is 9.37. The lowest BCUT2D eigenvalue weighted by atomic mass is 9.86. The van der Waals surface area contributed by atoms with E-state index in [1.54, 1.807) is 26.3 Å². The van der Waals surface area contributed by atoms with E-state index in [1.165, 1.54) is 6.07 Å². The van der Waals surface area contributed by atoms with Crippen LogP contribution in [0.1, 0.15) is 56.4 Å². The van der Waals surface area contributed by atoms with Gasteiger partial charge in [-0.3, -0.25) is 4.79 Å². The normalized spacial score (nSPS) is 20.2. The number of hydrogen-bond acceptors (Lipinski definition) is 7. The zero-order valence-corrected chi connectivity index (χ0v) is 20.1. The molecule has 2 aromatic heterocycles. The number of esters is 1. The van der Waals surface area contributed by atoms with Crippen LogP contribution in [0.15, 0.2) is 23.1 Å². The summed E-state index contributed by atoms with van der Waals surface area (Å²) >= 11 is 6.45. The highest BCUT2D eigenvalue weighted by Crippen LogP contribution is 2.52. The molecule has 2 unspecified atom stereocenters. The molecule has 4 rings (SSSR count). The van der Waals surface area contributed by atoms with Gasteiger partial charge in [-0.05, 0) is 25.2 Å². The van der Waals surface area contributed by atoms with E-state index in [0.717, 1.165) is 12.8 Å². The second-order valence-electron chi connectivity index (χ2n) is 9.01. The van der Waals surface area contributed by atoms with Gasteiger partial charge in [-0.2, -0.15) is 0 Å².